The summed E-state index contributed by atoms with van der Waals surface area (Å²) in [4.78, 5) is 23.2. The maximum Gasteiger partial charge on any atom is 0.303 e. The van der Waals surface area contributed by atoms with E-state index in [1.807, 2.05) is 36.4 Å². The Morgan fingerprint density at radius 2 is 2.06 bits per heavy atom. The van der Waals surface area contributed by atoms with E-state index in [0.29, 0.717) is 19.3 Å². The third kappa shape index (κ3) is 5.45. The highest BCUT2D eigenvalue weighted by atomic mass is 16.4. The number of carboxylic acids is 1. The minimum absolute atomic E-state index is 0.0322. The Morgan fingerprint density at radius 1 is 1.29 bits per heavy atom. The van der Waals surface area contributed by atoms with Crippen LogP contribution in [0.2, 0.25) is 0 Å². The molecule has 1 aromatic rings. The number of hydrogen-bond donors (Lipinski definition) is 3. The predicted molar refractivity (Wildman–Crippen MR) is 120 cm³/mol. The quantitative estimate of drug-likeness (QED) is 0.343. The second kappa shape index (κ2) is 10.6. The van der Waals surface area contributed by atoms with Crippen molar-refractivity contribution in [3.05, 3.63) is 47.5 Å². The molecular weight excluding hydrogens is 392 g/mol. The summed E-state index contributed by atoms with van der Waals surface area (Å²) < 4.78 is 0. The number of aliphatic hydroxyl groups is 2. The summed E-state index contributed by atoms with van der Waals surface area (Å²) in [5, 5.41) is 30.5. The van der Waals surface area contributed by atoms with Crippen LogP contribution >= 0.6 is 0 Å². The van der Waals surface area contributed by atoms with Crippen molar-refractivity contribution in [2.24, 2.45) is 11.3 Å². The highest BCUT2D eigenvalue weighted by Crippen LogP contribution is 2.53. The van der Waals surface area contributed by atoms with E-state index in [-0.39, 0.29) is 35.9 Å². The number of allylic oxidation sites excluding steroid dienone is 2. The number of Topliss-reactive ketones (excluding diaryl/α,β-unsaturated/α-hetero) is 1. The van der Waals surface area contributed by atoms with Crippen LogP contribution in [-0.4, -0.2) is 33.2 Å². The highest BCUT2D eigenvalue weighted by Gasteiger charge is 2.44. The van der Waals surface area contributed by atoms with Crippen LogP contribution in [0.15, 0.2) is 36.4 Å². The van der Waals surface area contributed by atoms with E-state index in [9.17, 15) is 19.8 Å². The van der Waals surface area contributed by atoms with Gasteiger partial charge in [-0.2, -0.15) is 0 Å². The van der Waals surface area contributed by atoms with Crippen LogP contribution in [0, 0.1) is 11.3 Å². The lowest BCUT2D eigenvalue weighted by molar-refractivity contribution is -0.137. The molecule has 0 aliphatic heterocycles. The highest BCUT2D eigenvalue weighted by molar-refractivity contribution is 5.85. The Morgan fingerprint density at radius 3 is 2.71 bits per heavy atom. The molecule has 0 spiro atoms. The first-order valence-corrected chi connectivity index (χ1v) is 11.7. The van der Waals surface area contributed by atoms with Gasteiger partial charge in [-0.3, -0.25) is 9.59 Å². The molecular formula is C26H36O5. The summed E-state index contributed by atoms with van der Waals surface area (Å²) in [6.07, 6.45) is 10.1. The maximum absolute atomic E-state index is 12.6. The number of rotatable bonds is 11. The van der Waals surface area contributed by atoms with Crippen LogP contribution in [0.1, 0.15) is 94.3 Å². The van der Waals surface area contributed by atoms with Gasteiger partial charge < -0.3 is 15.3 Å². The van der Waals surface area contributed by atoms with Crippen molar-refractivity contribution in [2.75, 3.05) is 0 Å². The third-order valence-electron chi connectivity index (χ3n) is 7.28. The number of carboxylic acid groups (broad SMARTS) is 1. The zero-order chi connectivity index (χ0) is 22.4. The average molecular weight is 429 g/mol. The van der Waals surface area contributed by atoms with Crippen molar-refractivity contribution in [3.8, 4) is 0 Å². The Balaban J connectivity index is 1.72. The van der Waals surface area contributed by atoms with Gasteiger partial charge in [0.2, 0.25) is 0 Å². The summed E-state index contributed by atoms with van der Waals surface area (Å²) in [5.74, 6) is -1.29. The molecule has 5 nitrogen and oxygen atoms in total. The van der Waals surface area contributed by atoms with Gasteiger partial charge in [0, 0.05) is 30.1 Å². The minimum Gasteiger partial charge on any atom is -0.481 e. The summed E-state index contributed by atoms with van der Waals surface area (Å²) in [5.41, 5.74) is 1.78. The molecule has 2 saturated carbocycles. The number of aliphatic hydroxyl groups excluding tert-OH is 2. The van der Waals surface area contributed by atoms with E-state index in [4.69, 9.17) is 5.11 Å². The number of hydrogen-bond acceptors (Lipinski definition) is 4. The molecule has 170 valence electrons. The molecule has 2 aliphatic rings. The molecule has 3 rings (SSSR count). The van der Waals surface area contributed by atoms with Gasteiger partial charge in [0.25, 0.3) is 0 Å². The lowest BCUT2D eigenvalue weighted by atomic mass is 9.61. The zero-order valence-electron chi connectivity index (χ0n) is 18.5. The minimum atomic E-state index is -0.799. The normalized spacial score (nSPS) is 26.2. The molecule has 0 bridgehead atoms. The van der Waals surface area contributed by atoms with Gasteiger partial charge in [0.05, 0.1) is 12.2 Å². The van der Waals surface area contributed by atoms with Crippen LogP contribution in [0.4, 0.5) is 0 Å². The van der Waals surface area contributed by atoms with Crippen LogP contribution in [-0.2, 0) is 9.59 Å². The first-order valence-electron chi connectivity index (χ1n) is 11.7. The molecule has 2 aliphatic carbocycles. The monoisotopic (exact) mass is 428 g/mol. The largest absolute Gasteiger partial charge is 0.481 e. The van der Waals surface area contributed by atoms with Gasteiger partial charge in [-0.05, 0) is 49.7 Å². The van der Waals surface area contributed by atoms with Crippen molar-refractivity contribution >= 4 is 11.8 Å². The van der Waals surface area contributed by atoms with E-state index in [1.165, 1.54) is 0 Å². The summed E-state index contributed by atoms with van der Waals surface area (Å²) in [6, 6.07) is 7.85. The molecule has 1 aromatic carbocycles. The number of benzene rings is 1. The fourth-order valence-corrected chi connectivity index (χ4v) is 5.50. The maximum atomic E-state index is 12.6. The van der Waals surface area contributed by atoms with Crippen LogP contribution in [0.5, 0.6) is 0 Å². The van der Waals surface area contributed by atoms with Crippen molar-refractivity contribution in [2.45, 2.75) is 89.3 Å². The van der Waals surface area contributed by atoms with Crippen LogP contribution < -0.4 is 0 Å². The van der Waals surface area contributed by atoms with E-state index < -0.39 is 18.2 Å². The van der Waals surface area contributed by atoms with E-state index in [0.717, 1.165) is 43.2 Å². The predicted octanol–water partition coefficient (Wildman–Crippen LogP) is 4.93. The summed E-state index contributed by atoms with van der Waals surface area (Å²) in [6.45, 7) is 2.16. The van der Waals surface area contributed by atoms with Crippen LogP contribution in [0.25, 0.3) is 0 Å². The lowest BCUT2D eigenvalue weighted by Crippen LogP contribution is -2.36. The van der Waals surface area contributed by atoms with Crippen molar-refractivity contribution in [1.82, 2.24) is 0 Å². The van der Waals surface area contributed by atoms with Crippen molar-refractivity contribution in [1.29, 1.82) is 0 Å². The summed E-state index contributed by atoms with van der Waals surface area (Å²) >= 11 is 0. The second-order valence-electron chi connectivity index (χ2n) is 9.40. The molecule has 0 radical (unpaired) electrons. The fraction of sp³-hybridized carbons (Fsp3) is 0.615. The van der Waals surface area contributed by atoms with E-state index >= 15 is 0 Å². The molecule has 0 aromatic heterocycles. The number of ketones is 1. The molecule has 3 N–H and O–H groups in total. The molecule has 5 heteroatoms. The molecule has 0 heterocycles. The van der Waals surface area contributed by atoms with Crippen molar-refractivity contribution < 1.29 is 24.9 Å². The Kier molecular flexibility index (Phi) is 8.06. The number of aliphatic carboxylic acids is 1. The number of carbonyl (C=O) groups excluding carboxylic acids is 1. The van der Waals surface area contributed by atoms with Gasteiger partial charge in [0.15, 0.2) is 0 Å². The fourth-order valence-electron chi connectivity index (χ4n) is 5.50. The van der Waals surface area contributed by atoms with Crippen molar-refractivity contribution in [3.63, 3.8) is 0 Å². The third-order valence-corrected chi connectivity index (χ3v) is 7.28. The average Bonchev–Trinajstić information content (AvgIpc) is 2.99. The first kappa shape index (κ1) is 23.7. The van der Waals surface area contributed by atoms with Crippen LogP contribution in [0.3, 0.4) is 0 Å². The lowest BCUT2D eigenvalue weighted by Gasteiger charge is -2.46. The van der Waals surface area contributed by atoms with Gasteiger partial charge in [0.1, 0.15) is 5.78 Å². The Labute approximate surface area is 185 Å². The van der Waals surface area contributed by atoms with Gasteiger partial charge in [-0.15, -0.1) is 0 Å². The van der Waals surface area contributed by atoms with E-state index in [2.05, 4.69) is 6.92 Å². The SMILES string of the molecule is CCCC1(C(O)c2cccc([C@H]3[C@H](O)CC(=O)[C@@H]3CC=CCCCC(=O)O)c2)CCC1. The number of carbonyl (C=O) groups is 2. The smallest absolute Gasteiger partial charge is 0.303 e. The van der Waals surface area contributed by atoms with Gasteiger partial charge >= 0.3 is 5.97 Å². The zero-order valence-corrected chi connectivity index (χ0v) is 18.5. The first-order chi connectivity index (χ1) is 14.9. The Bertz CT molecular complexity index is 795. The Hall–Kier alpha value is -1.98. The molecule has 0 amide bonds. The topological polar surface area (TPSA) is 94.8 Å². The second-order valence-corrected chi connectivity index (χ2v) is 9.40. The van der Waals surface area contributed by atoms with Gasteiger partial charge in [-0.1, -0.05) is 56.2 Å². The van der Waals surface area contributed by atoms with Gasteiger partial charge in [-0.25, -0.2) is 0 Å². The molecule has 0 saturated heterocycles. The molecule has 2 fully saturated rings. The standard InChI is InChI=1S/C26H36O5/c1-2-13-26(14-8-15-26)25(31)19-10-7-9-18(16-19)24-20(21(27)17-22(24)28)11-5-3-4-6-12-23(29)30/h3,5,7,9-10,16,20,22,24-25,28,31H,2,4,6,8,11-15,17H2,1H3,(H,29,30)/t20-,22+,24+,25?/m0/s1. The molecule has 4 atom stereocenters. The molecule has 1 unspecified atom stereocenters. The summed E-state index contributed by atoms with van der Waals surface area (Å²) in [7, 11) is 0. The molecule has 31 heavy (non-hydrogen) atoms. The number of unbranched alkanes of at least 4 members (excludes halogenated alkanes) is 1. The van der Waals surface area contributed by atoms with E-state index in [1.54, 1.807) is 0 Å².